The molecule has 1 aliphatic rings. The topological polar surface area (TPSA) is 45.2 Å². The summed E-state index contributed by atoms with van der Waals surface area (Å²) in [6, 6.07) is 9.87. The van der Waals surface area contributed by atoms with Crippen molar-refractivity contribution in [2.45, 2.75) is 32.4 Å². The SMILES string of the molecule is CCc1ccccc1NC(=O)C1CCCN(c2ncccc2C(F)(F)F)C1. The lowest BCUT2D eigenvalue weighted by atomic mass is 9.96. The van der Waals surface area contributed by atoms with Gasteiger partial charge in [0, 0.05) is 25.0 Å². The molecule has 0 saturated carbocycles. The van der Waals surface area contributed by atoms with Crippen LogP contribution in [0.1, 0.15) is 30.9 Å². The number of halogens is 3. The quantitative estimate of drug-likeness (QED) is 0.852. The number of hydrogen-bond donors (Lipinski definition) is 1. The first-order valence-corrected chi connectivity index (χ1v) is 9.06. The summed E-state index contributed by atoms with van der Waals surface area (Å²) in [7, 11) is 0. The largest absolute Gasteiger partial charge is 0.419 e. The summed E-state index contributed by atoms with van der Waals surface area (Å²) < 4.78 is 39.9. The van der Waals surface area contributed by atoms with Crippen molar-refractivity contribution in [3.63, 3.8) is 0 Å². The normalized spacial score (nSPS) is 17.6. The Morgan fingerprint density at radius 1 is 1.26 bits per heavy atom. The molecule has 1 amide bonds. The number of carbonyl (C=O) groups is 1. The molecule has 1 saturated heterocycles. The lowest BCUT2D eigenvalue weighted by Gasteiger charge is -2.34. The predicted octanol–water partition coefficient (Wildman–Crippen LogP) is 4.52. The molecule has 1 aliphatic heterocycles. The molecule has 0 aliphatic carbocycles. The summed E-state index contributed by atoms with van der Waals surface area (Å²) in [6.45, 7) is 2.68. The summed E-state index contributed by atoms with van der Waals surface area (Å²) in [5, 5.41) is 2.94. The van der Waals surface area contributed by atoms with Gasteiger partial charge in [-0.3, -0.25) is 4.79 Å². The van der Waals surface area contributed by atoms with Crippen molar-refractivity contribution >= 4 is 17.4 Å². The zero-order valence-electron chi connectivity index (χ0n) is 15.1. The number of nitrogens with zero attached hydrogens (tertiary/aromatic N) is 2. The van der Waals surface area contributed by atoms with Crippen molar-refractivity contribution in [3.05, 3.63) is 53.7 Å². The highest BCUT2D eigenvalue weighted by molar-refractivity contribution is 5.93. The lowest BCUT2D eigenvalue weighted by molar-refractivity contribution is -0.137. The number of alkyl halides is 3. The molecule has 2 aromatic rings. The second kappa shape index (κ2) is 7.98. The van der Waals surface area contributed by atoms with Crippen LogP contribution < -0.4 is 10.2 Å². The van der Waals surface area contributed by atoms with Crippen LogP contribution in [0.4, 0.5) is 24.7 Å². The molecule has 7 heteroatoms. The van der Waals surface area contributed by atoms with Crippen molar-refractivity contribution in [3.8, 4) is 0 Å². The minimum Gasteiger partial charge on any atom is -0.355 e. The number of amides is 1. The minimum atomic E-state index is -4.47. The zero-order valence-corrected chi connectivity index (χ0v) is 15.1. The molecular formula is C20H22F3N3O. The van der Waals surface area contributed by atoms with Gasteiger partial charge in [-0.15, -0.1) is 0 Å². The summed E-state index contributed by atoms with van der Waals surface area (Å²) >= 11 is 0. The molecule has 1 atom stereocenters. The van der Waals surface area contributed by atoms with E-state index in [0.29, 0.717) is 19.4 Å². The number of hydrogen-bond acceptors (Lipinski definition) is 3. The van der Waals surface area contributed by atoms with Gasteiger partial charge in [-0.25, -0.2) is 4.98 Å². The number of benzene rings is 1. The van der Waals surface area contributed by atoms with Crippen LogP contribution in [0.15, 0.2) is 42.6 Å². The Balaban J connectivity index is 1.76. The summed E-state index contributed by atoms with van der Waals surface area (Å²) in [6.07, 6.45) is -1.05. The number of aryl methyl sites for hydroxylation is 1. The maximum absolute atomic E-state index is 13.3. The minimum absolute atomic E-state index is 0.101. The molecule has 0 bridgehead atoms. The van der Waals surface area contributed by atoms with Crippen LogP contribution in [0, 0.1) is 5.92 Å². The molecule has 3 rings (SSSR count). The Labute approximate surface area is 156 Å². The van der Waals surface area contributed by atoms with Gasteiger partial charge in [-0.1, -0.05) is 25.1 Å². The van der Waals surface area contributed by atoms with E-state index in [9.17, 15) is 18.0 Å². The average molecular weight is 377 g/mol. The molecule has 1 aromatic heterocycles. The molecule has 144 valence electrons. The molecule has 27 heavy (non-hydrogen) atoms. The van der Waals surface area contributed by atoms with E-state index in [1.807, 2.05) is 31.2 Å². The van der Waals surface area contributed by atoms with Gasteiger partial charge in [0.25, 0.3) is 0 Å². The first kappa shape index (κ1) is 19.2. The van der Waals surface area contributed by atoms with Gasteiger partial charge in [-0.05, 0) is 43.0 Å². The fourth-order valence-electron chi connectivity index (χ4n) is 3.44. The highest BCUT2D eigenvalue weighted by atomic mass is 19.4. The number of carbonyl (C=O) groups excluding carboxylic acids is 1. The Morgan fingerprint density at radius 2 is 2.04 bits per heavy atom. The number of aromatic nitrogens is 1. The molecule has 1 N–H and O–H groups in total. The molecule has 1 aromatic carbocycles. The van der Waals surface area contributed by atoms with E-state index < -0.39 is 11.7 Å². The van der Waals surface area contributed by atoms with Crippen LogP contribution in [0.25, 0.3) is 0 Å². The van der Waals surface area contributed by atoms with Crippen LogP contribution in [0.3, 0.4) is 0 Å². The van der Waals surface area contributed by atoms with Crippen molar-refractivity contribution in [1.82, 2.24) is 4.98 Å². The third-order valence-electron chi connectivity index (χ3n) is 4.84. The average Bonchev–Trinajstić information content (AvgIpc) is 2.68. The van der Waals surface area contributed by atoms with Crippen LogP contribution in [-0.2, 0) is 17.4 Å². The second-order valence-corrected chi connectivity index (χ2v) is 6.66. The van der Waals surface area contributed by atoms with Gasteiger partial charge >= 0.3 is 6.18 Å². The number of anilines is 2. The number of rotatable bonds is 4. The Morgan fingerprint density at radius 3 is 2.78 bits per heavy atom. The van der Waals surface area contributed by atoms with E-state index in [4.69, 9.17) is 0 Å². The van der Waals surface area contributed by atoms with Crippen molar-refractivity contribution in [1.29, 1.82) is 0 Å². The van der Waals surface area contributed by atoms with E-state index >= 15 is 0 Å². The molecule has 0 spiro atoms. The van der Waals surface area contributed by atoms with Gasteiger partial charge in [0.05, 0.1) is 11.5 Å². The second-order valence-electron chi connectivity index (χ2n) is 6.66. The Bertz CT molecular complexity index is 807. The Hall–Kier alpha value is -2.57. The third-order valence-corrected chi connectivity index (χ3v) is 4.84. The van der Waals surface area contributed by atoms with Crippen molar-refractivity contribution < 1.29 is 18.0 Å². The standard InChI is InChI=1S/C20H22F3N3O/c1-2-14-7-3-4-10-17(14)25-19(27)15-8-6-12-26(13-15)18-16(20(21,22)23)9-5-11-24-18/h3-5,7,9-11,15H,2,6,8,12-13H2,1H3,(H,25,27). The molecule has 4 nitrogen and oxygen atoms in total. The fourth-order valence-corrected chi connectivity index (χ4v) is 3.44. The maximum atomic E-state index is 13.3. The van der Waals surface area contributed by atoms with Gasteiger partial charge in [-0.2, -0.15) is 13.2 Å². The van der Waals surface area contributed by atoms with E-state index in [1.165, 1.54) is 12.3 Å². The van der Waals surface area contributed by atoms with Crippen LogP contribution in [0.5, 0.6) is 0 Å². The van der Waals surface area contributed by atoms with E-state index in [2.05, 4.69) is 10.3 Å². The van der Waals surface area contributed by atoms with E-state index in [1.54, 1.807) is 4.90 Å². The summed E-state index contributed by atoms with van der Waals surface area (Å²) in [5.74, 6) is -0.645. The van der Waals surface area contributed by atoms with Crippen molar-refractivity contribution in [2.75, 3.05) is 23.3 Å². The molecule has 1 fully saturated rings. The summed E-state index contributed by atoms with van der Waals surface area (Å²) in [4.78, 5) is 18.2. The van der Waals surface area contributed by atoms with Crippen molar-refractivity contribution in [2.24, 2.45) is 5.92 Å². The van der Waals surface area contributed by atoms with Gasteiger partial charge in [0.2, 0.25) is 5.91 Å². The number of nitrogens with one attached hydrogen (secondary N) is 1. The maximum Gasteiger partial charge on any atom is 0.419 e. The molecule has 0 radical (unpaired) electrons. The zero-order chi connectivity index (χ0) is 19.4. The summed E-state index contributed by atoms with van der Waals surface area (Å²) in [5.41, 5.74) is 1.03. The van der Waals surface area contributed by atoms with Gasteiger partial charge < -0.3 is 10.2 Å². The lowest BCUT2D eigenvalue weighted by Crippen LogP contribution is -2.42. The highest BCUT2D eigenvalue weighted by Gasteiger charge is 2.37. The fraction of sp³-hybridized carbons (Fsp3) is 0.400. The van der Waals surface area contributed by atoms with E-state index in [-0.39, 0.29) is 24.2 Å². The monoisotopic (exact) mass is 377 g/mol. The highest BCUT2D eigenvalue weighted by Crippen LogP contribution is 2.36. The predicted molar refractivity (Wildman–Crippen MR) is 98.6 cm³/mol. The Kier molecular flexibility index (Phi) is 5.68. The van der Waals surface area contributed by atoms with Gasteiger partial charge in [0.15, 0.2) is 0 Å². The number of pyridine rings is 1. The third kappa shape index (κ3) is 4.40. The molecule has 2 heterocycles. The van der Waals surface area contributed by atoms with Crippen LogP contribution >= 0.6 is 0 Å². The number of piperidine rings is 1. The first-order chi connectivity index (χ1) is 12.9. The van der Waals surface area contributed by atoms with Crippen LogP contribution in [-0.4, -0.2) is 24.0 Å². The molecule has 1 unspecified atom stereocenters. The van der Waals surface area contributed by atoms with Crippen LogP contribution in [0.2, 0.25) is 0 Å². The smallest absolute Gasteiger partial charge is 0.355 e. The van der Waals surface area contributed by atoms with Gasteiger partial charge in [0.1, 0.15) is 5.82 Å². The van der Waals surface area contributed by atoms with E-state index in [0.717, 1.165) is 23.7 Å². The molecular weight excluding hydrogens is 355 g/mol. The first-order valence-electron chi connectivity index (χ1n) is 9.06. The number of para-hydroxylation sites is 1.